The summed E-state index contributed by atoms with van der Waals surface area (Å²) < 4.78 is 5.59. The van der Waals surface area contributed by atoms with E-state index in [9.17, 15) is 0 Å². The summed E-state index contributed by atoms with van der Waals surface area (Å²) in [7, 11) is 0. The van der Waals surface area contributed by atoms with Crippen molar-refractivity contribution in [1.82, 2.24) is 15.0 Å². The molecule has 0 aliphatic heterocycles. The second kappa shape index (κ2) is 6.65. The van der Waals surface area contributed by atoms with Crippen LogP contribution in [0.25, 0.3) is 0 Å². The summed E-state index contributed by atoms with van der Waals surface area (Å²) in [4.78, 5) is 12.3. The highest BCUT2D eigenvalue weighted by atomic mass is 16.5. The smallest absolute Gasteiger partial charge is 0.218 e. The first-order valence-corrected chi connectivity index (χ1v) is 6.12. The quantitative estimate of drug-likeness (QED) is 0.464. The molecule has 2 heterocycles. The summed E-state index contributed by atoms with van der Waals surface area (Å²) in [5.74, 6) is 7.03. The van der Waals surface area contributed by atoms with Gasteiger partial charge in [-0.3, -0.25) is 4.98 Å². The van der Waals surface area contributed by atoms with E-state index in [1.807, 2.05) is 12.1 Å². The lowest BCUT2D eigenvalue weighted by Crippen LogP contribution is -2.10. The number of hydrogen-bond donors (Lipinski definition) is 2. The number of aryl methyl sites for hydroxylation is 2. The summed E-state index contributed by atoms with van der Waals surface area (Å²) in [6.45, 7) is 2.40. The lowest BCUT2D eigenvalue weighted by molar-refractivity contribution is 0.298. The summed E-state index contributed by atoms with van der Waals surface area (Å²) in [6.07, 6.45) is 5.46. The van der Waals surface area contributed by atoms with Gasteiger partial charge >= 0.3 is 0 Å². The second-order valence-electron chi connectivity index (χ2n) is 4.09. The lowest BCUT2D eigenvalue weighted by atomic mass is 10.1. The summed E-state index contributed by atoms with van der Waals surface area (Å²) >= 11 is 0. The van der Waals surface area contributed by atoms with Crippen molar-refractivity contribution in [2.45, 2.75) is 19.8 Å². The Labute approximate surface area is 112 Å². The third-order valence-corrected chi connectivity index (χ3v) is 2.57. The van der Waals surface area contributed by atoms with Gasteiger partial charge < -0.3 is 10.2 Å². The van der Waals surface area contributed by atoms with E-state index in [1.165, 1.54) is 5.56 Å². The Morgan fingerprint density at radius 3 is 2.79 bits per heavy atom. The summed E-state index contributed by atoms with van der Waals surface area (Å²) in [6, 6.07) is 5.69. The Balaban J connectivity index is 1.81. The van der Waals surface area contributed by atoms with Gasteiger partial charge in [-0.1, -0.05) is 0 Å². The number of aromatic nitrogens is 3. The number of rotatable bonds is 6. The fraction of sp³-hybridized carbons (Fsp3) is 0.308. The molecular weight excluding hydrogens is 242 g/mol. The molecule has 0 bridgehead atoms. The van der Waals surface area contributed by atoms with E-state index >= 15 is 0 Å². The Bertz CT molecular complexity index is 518. The van der Waals surface area contributed by atoms with Crippen molar-refractivity contribution in [3.63, 3.8) is 0 Å². The molecule has 19 heavy (non-hydrogen) atoms. The molecule has 100 valence electrons. The number of nitrogen functional groups attached to an aromatic ring is 1. The van der Waals surface area contributed by atoms with Gasteiger partial charge in [0.05, 0.1) is 6.61 Å². The first kappa shape index (κ1) is 13.2. The van der Waals surface area contributed by atoms with Gasteiger partial charge in [0.2, 0.25) is 5.88 Å². The van der Waals surface area contributed by atoms with Crippen molar-refractivity contribution in [2.24, 2.45) is 5.84 Å². The van der Waals surface area contributed by atoms with Crippen LogP contribution in [0.4, 0.5) is 5.82 Å². The van der Waals surface area contributed by atoms with Gasteiger partial charge in [-0.05, 0) is 37.5 Å². The Morgan fingerprint density at radius 2 is 2.05 bits per heavy atom. The molecule has 0 aromatic carbocycles. The van der Waals surface area contributed by atoms with Crippen molar-refractivity contribution in [2.75, 3.05) is 12.0 Å². The Kier molecular flexibility index (Phi) is 4.63. The molecule has 2 aromatic heterocycles. The number of ether oxygens (including phenoxy) is 1. The van der Waals surface area contributed by atoms with Gasteiger partial charge in [-0.25, -0.2) is 10.8 Å². The molecule has 6 nitrogen and oxygen atoms in total. The maximum atomic E-state index is 5.59. The normalized spacial score (nSPS) is 10.2. The van der Waals surface area contributed by atoms with Crippen LogP contribution in [0.15, 0.2) is 30.6 Å². The average Bonchev–Trinajstić information content (AvgIpc) is 2.44. The number of hydrogen-bond acceptors (Lipinski definition) is 6. The number of hydrazine groups is 1. The van der Waals surface area contributed by atoms with Gasteiger partial charge in [0, 0.05) is 18.5 Å². The van der Waals surface area contributed by atoms with Gasteiger partial charge in [-0.15, -0.1) is 0 Å². The van der Waals surface area contributed by atoms with Gasteiger partial charge in [0.15, 0.2) is 0 Å². The van der Waals surface area contributed by atoms with Gasteiger partial charge in [0.1, 0.15) is 11.6 Å². The van der Waals surface area contributed by atoms with Crippen molar-refractivity contribution < 1.29 is 4.74 Å². The van der Waals surface area contributed by atoms with Crippen LogP contribution in [-0.4, -0.2) is 21.6 Å². The standard InChI is InChI=1S/C13H17N5O/c1-10-16-12(18-14)9-13(17-10)19-8-2-3-11-4-6-15-7-5-11/h4-7,9H,2-3,8,14H2,1H3,(H,16,17,18). The highest BCUT2D eigenvalue weighted by Crippen LogP contribution is 2.12. The maximum Gasteiger partial charge on any atom is 0.218 e. The minimum absolute atomic E-state index is 0.537. The van der Waals surface area contributed by atoms with E-state index in [-0.39, 0.29) is 0 Å². The Hall–Kier alpha value is -2.21. The highest BCUT2D eigenvalue weighted by Gasteiger charge is 2.01. The average molecular weight is 259 g/mol. The van der Waals surface area contributed by atoms with Crippen LogP contribution in [0.5, 0.6) is 5.88 Å². The number of nitrogens with zero attached hydrogens (tertiary/aromatic N) is 3. The highest BCUT2D eigenvalue weighted by molar-refractivity contribution is 5.36. The molecule has 0 fully saturated rings. The molecule has 0 unspecified atom stereocenters. The number of nitrogens with two attached hydrogens (primary N) is 1. The molecule has 6 heteroatoms. The van der Waals surface area contributed by atoms with Crippen LogP contribution in [0.1, 0.15) is 17.8 Å². The predicted molar refractivity (Wildman–Crippen MR) is 72.6 cm³/mol. The molecule has 0 amide bonds. The number of pyridine rings is 1. The summed E-state index contributed by atoms with van der Waals surface area (Å²) in [5, 5.41) is 0. The van der Waals surface area contributed by atoms with E-state index in [2.05, 4.69) is 20.4 Å². The molecule has 2 rings (SSSR count). The van der Waals surface area contributed by atoms with Crippen molar-refractivity contribution in [3.05, 3.63) is 42.0 Å². The molecule has 0 spiro atoms. The van der Waals surface area contributed by atoms with Crippen LogP contribution >= 0.6 is 0 Å². The molecular formula is C13H17N5O. The zero-order chi connectivity index (χ0) is 13.5. The monoisotopic (exact) mass is 259 g/mol. The molecule has 0 aliphatic carbocycles. The lowest BCUT2D eigenvalue weighted by Gasteiger charge is -2.07. The van der Waals surface area contributed by atoms with Crippen molar-refractivity contribution in [3.8, 4) is 5.88 Å². The fourth-order valence-electron chi connectivity index (χ4n) is 1.69. The van der Waals surface area contributed by atoms with Crippen LogP contribution in [0.2, 0.25) is 0 Å². The molecule has 0 aliphatic rings. The molecule has 0 atom stereocenters. The molecule has 2 aromatic rings. The van der Waals surface area contributed by atoms with Gasteiger partial charge in [0.25, 0.3) is 0 Å². The van der Waals surface area contributed by atoms with Crippen molar-refractivity contribution >= 4 is 5.82 Å². The molecule has 0 saturated heterocycles. The third-order valence-electron chi connectivity index (χ3n) is 2.57. The summed E-state index contributed by atoms with van der Waals surface area (Å²) in [5.41, 5.74) is 3.74. The van der Waals surface area contributed by atoms with Crippen LogP contribution < -0.4 is 16.0 Å². The first-order valence-electron chi connectivity index (χ1n) is 6.12. The SMILES string of the molecule is Cc1nc(NN)cc(OCCCc2ccncc2)n1. The third kappa shape index (κ3) is 4.18. The van der Waals surface area contributed by atoms with E-state index in [0.717, 1.165) is 12.8 Å². The molecule has 0 saturated carbocycles. The number of anilines is 1. The predicted octanol–water partition coefficient (Wildman–Crippen LogP) is 1.48. The first-order chi connectivity index (χ1) is 9.28. The Morgan fingerprint density at radius 1 is 1.26 bits per heavy atom. The zero-order valence-corrected chi connectivity index (χ0v) is 10.8. The second-order valence-corrected chi connectivity index (χ2v) is 4.09. The molecule has 0 radical (unpaired) electrons. The van der Waals surface area contributed by atoms with Gasteiger partial charge in [-0.2, -0.15) is 4.98 Å². The van der Waals surface area contributed by atoms with E-state index in [4.69, 9.17) is 10.6 Å². The maximum absolute atomic E-state index is 5.59. The zero-order valence-electron chi connectivity index (χ0n) is 10.8. The number of nitrogens with one attached hydrogen (secondary N) is 1. The largest absolute Gasteiger partial charge is 0.478 e. The van der Waals surface area contributed by atoms with Crippen LogP contribution in [0, 0.1) is 6.92 Å². The fourth-order valence-corrected chi connectivity index (χ4v) is 1.69. The molecule has 3 N–H and O–H groups in total. The van der Waals surface area contributed by atoms with E-state index in [0.29, 0.717) is 24.1 Å². The minimum Gasteiger partial charge on any atom is -0.478 e. The van der Waals surface area contributed by atoms with Crippen LogP contribution in [-0.2, 0) is 6.42 Å². The topological polar surface area (TPSA) is 86.0 Å². The van der Waals surface area contributed by atoms with E-state index < -0.39 is 0 Å². The van der Waals surface area contributed by atoms with Crippen LogP contribution in [0.3, 0.4) is 0 Å². The minimum atomic E-state index is 0.537. The van der Waals surface area contributed by atoms with E-state index in [1.54, 1.807) is 25.4 Å². The van der Waals surface area contributed by atoms with Crippen molar-refractivity contribution in [1.29, 1.82) is 0 Å².